The summed E-state index contributed by atoms with van der Waals surface area (Å²) in [5, 5.41) is 17.9. The number of hydrogen-bond acceptors (Lipinski definition) is 4. The smallest absolute Gasteiger partial charge is 0.317 e. The van der Waals surface area contributed by atoms with Crippen LogP contribution in [-0.4, -0.2) is 70.7 Å². The van der Waals surface area contributed by atoms with Crippen LogP contribution in [-0.2, 0) is 9.59 Å². The molecule has 0 aliphatic carbocycles. The van der Waals surface area contributed by atoms with Gasteiger partial charge in [0.1, 0.15) is 0 Å². The molecule has 1 rings (SSSR count). The minimum Gasteiger partial charge on any atom is -0.480 e. The summed E-state index contributed by atoms with van der Waals surface area (Å²) in [7, 11) is 0. The van der Waals surface area contributed by atoms with E-state index in [2.05, 4.69) is 0 Å². The quantitative estimate of drug-likeness (QED) is 0.688. The fourth-order valence-corrected chi connectivity index (χ4v) is 1.95. The number of carboxylic acids is 1. The lowest BCUT2D eigenvalue weighted by molar-refractivity contribution is -0.138. The van der Waals surface area contributed by atoms with Crippen LogP contribution in [0.15, 0.2) is 0 Å². The first kappa shape index (κ1) is 13.9. The summed E-state index contributed by atoms with van der Waals surface area (Å²) in [4.78, 5) is 25.8. The summed E-state index contributed by atoms with van der Waals surface area (Å²) in [6.07, 6.45) is 0.290. The third-order valence-electron chi connectivity index (χ3n) is 2.77. The molecule has 1 heterocycles. The van der Waals surface area contributed by atoms with E-state index in [9.17, 15) is 9.59 Å². The summed E-state index contributed by atoms with van der Waals surface area (Å²) in [5.74, 6) is -0.897. The van der Waals surface area contributed by atoms with Crippen LogP contribution >= 0.6 is 0 Å². The molecule has 6 nitrogen and oxygen atoms in total. The van der Waals surface area contributed by atoms with Gasteiger partial charge in [-0.2, -0.15) is 0 Å². The minimum atomic E-state index is -0.839. The summed E-state index contributed by atoms with van der Waals surface area (Å²) in [6.45, 7) is 4.08. The lowest BCUT2D eigenvalue weighted by Crippen LogP contribution is -2.37. The average Bonchev–Trinajstić information content (AvgIpc) is 2.41. The molecule has 1 amide bonds. The second kappa shape index (κ2) is 6.56. The Balaban J connectivity index is 2.41. The maximum atomic E-state index is 11.7. The number of amides is 1. The summed E-state index contributed by atoms with van der Waals surface area (Å²) in [6, 6.07) is 0. The summed E-state index contributed by atoms with van der Waals surface area (Å²) < 4.78 is 0. The van der Waals surface area contributed by atoms with Crippen molar-refractivity contribution in [1.29, 1.82) is 0 Å². The molecule has 0 bridgehead atoms. The van der Waals surface area contributed by atoms with Gasteiger partial charge in [-0.1, -0.05) is 0 Å². The molecule has 0 spiro atoms. The monoisotopic (exact) mass is 244 g/mol. The van der Waals surface area contributed by atoms with Gasteiger partial charge < -0.3 is 15.1 Å². The van der Waals surface area contributed by atoms with E-state index in [0.29, 0.717) is 26.2 Å². The third kappa shape index (κ3) is 5.14. The third-order valence-corrected chi connectivity index (χ3v) is 2.77. The van der Waals surface area contributed by atoms with Gasteiger partial charge in [0.2, 0.25) is 5.91 Å². The normalized spacial score (nSPS) is 19.8. The fourth-order valence-electron chi connectivity index (χ4n) is 1.95. The second-order valence-corrected chi connectivity index (χ2v) is 4.46. The first-order valence-electron chi connectivity index (χ1n) is 5.89. The van der Waals surface area contributed by atoms with Crippen molar-refractivity contribution in [2.75, 3.05) is 32.7 Å². The zero-order chi connectivity index (χ0) is 12.8. The molecule has 0 aromatic heterocycles. The highest BCUT2D eigenvalue weighted by Gasteiger charge is 2.20. The topological polar surface area (TPSA) is 81.1 Å². The number of aliphatic hydroxyl groups excluding tert-OH is 1. The molecule has 0 saturated carbocycles. The minimum absolute atomic E-state index is 0.0262. The van der Waals surface area contributed by atoms with E-state index in [1.807, 2.05) is 4.90 Å². The molecule has 17 heavy (non-hydrogen) atoms. The molecular formula is C11H20N2O4. The van der Waals surface area contributed by atoms with Crippen LogP contribution in [0.1, 0.15) is 19.8 Å². The number of aliphatic hydroxyl groups is 1. The van der Waals surface area contributed by atoms with E-state index in [4.69, 9.17) is 10.2 Å². The van der Waals surface area contributed by atoms with Crippen molar-refractivity contribution in [3.63, 3.8) is 0 Å². The maximum Gasteiger partial charge on any atom is 0.317 e. The van der Waals surface area contributed by atoms with Gasteiger partial charge in [0.15, 0.2) is 0 Å². The Hall–Kier alpha value is -1.14. The van der Waals surface area contributed by atoms with Gasteiger partial charge in [-0.05, 0) is 13.3 Å². The SMILES string of the molecule is CC(O)CC(=O)N1CCCN(CC(=O)O)CC1. The molecule has 1 saturated heterocycles. The van der Waals surface area contributed by atoms with E-state index in [1.54, 1.807) is 11.8 Å². The van der Waals surface area contributed by atoms with Crippen LogP contribution in [0.25, 0.3) is 0 Å². The van der Waals surface area contributed by atoms with Crippen molar-refractivity contribution in [1.82, 2.24) is 9.80 Å². The zero-order valence-electron chi connectivity index (χ0n) is 10.1. The Morgan fingerprint density at radius 2 is 1.94 bits per heavy atom. The van der Waals surface area contributed by atoms with Crippen LogP contribution in [0.5, 0.6) is 0 Å². The predicted octanol–water partition coefficient (Wildman–Crippen LogP) is -0.624. The van der Waals surface area contributed by atoms with E-state index >= 15 is 0 Å². The average molecular weight is 244 g/mol. The van der Waals surface area contributed by atoms with Gasteiger partial charge in [0.05, 0.1) is 19.1 Å². The zero-order valence-corrected chi connectivity index (χ0v) is 10.1. The Labute approximate surface area is 101 Å². The lowest BCUT2D eigenvalue weighted by Gasteiger charge is -2.21. The highest BCUT2D eigenvalue weighted by Crippen LogP contribution is 2.06. The Morgan fingerprint density at radius 3 is 2.53 bits per heavy atom. The molecule has 1 atom stereocenters. The van der Waals surface area contributed by atoms with Crippen molar-refractivity contribution in [3.8, 4) is 0 Å². The van der Waals surface area contributed by atoms with Gasteiger partial charge >= 0.3 is 5.97 Å². The van der Waals surface area contributed by atoms with Gasteiger partial charge in [-0.25, -0.2) is 0 Å². The van der Waals surface area contributed by atoms with Crippen molar-refractivity contribution in [2.45, 2.75) is 25.9 Å². The molecule has 0 aromatic carbocycles. The Morgan fingerprint density at radius 1 is 1.24 bits per heavy atom. The molecule has 0 aromatic rings. The largest absolute Gasteiger partial charge is 0.480 e. The predicted molar refractivity (Wildman–Crippen MR) is 61.6 cm³/mol. The maximum absolute atomic E-state index is 11.7. The van der Waals surface area contributed by atoms with Crippen LogP contribution in [0.4, 0.5) is 0 Å². The van der Waals surface area contributed by atoms with Crippen molar-refractivity contribution < 1.29 is 19.8 Å². The number of hydrogen-bond donors (Lipinski definition) is 2. The van der Waals surface area contributed by atoms with Crippen LogP contribution in [0.2, 0.25) is 0 Å². The summed E-state index contributed by atoms with van der Waals surface area (Å²) in [5.41, 5.74) is 0. The molecule has 1 unspecified atom stereocenters. The highest BCUT2D eigenvalue weighted by molar-refractivity contribution is 5.76. The molecule has 0 radical (unpaired) electrons. The molecule has 1 aliphatic heterocycles. The van der Waals surface area contributed by atoms with Gasteiger partial charge in [-0.3, -0.25) is 14.5 Å². The molecule has 98 valence electrons. The number of aliphatic carboxylic acids is 1. The highest BCUT2D eigenvalue weighted by atomic mass is 16.4. The van der Waals surface area contributed by atoms with Crippen molar-refractivity contribution in [2.24, 2.45) is 0 Å². The van der Waals surface area contributed by atoms with Crippen LogP contribution < -0.4 is 0 Å². The van der Waals surface area contributed by atoms with Crippen molar-refractivity contribution in [3.05, 3.63) is 0 Å². The van der Waals surface area contributed by atoms with E-state index in [1.165, 1.54) is 0 Å². The van der Waals surface area contributed by atoms with Gasteiger partial charge in [0, 0.05) is 26.2 Å². The molecule has 2 N–H and O–H groups in total. The van der Waals surface area contributed by atoms with E-state index in [0.717, 1.165) is 6.42 Å². The first-order valence-corrected chi connectivity index (χ1v) is 5.89. The van der Waals surface area contributed by atoms with E-state index in [-0.39, 0.29) is 18.9 Å². The van der Waals surface area contributed by atoms with E-state index < -0.39 is 12.1 Å². The van der Waals surface area contributed by atoms with Gasteiger partial charge in [-0.15, -0.1) is 0 Å². The lowest BCUT2D eigenvalue weighted by atomic mass is 10.2. The van der Waals surface area contributed by atoms with Crippen LogP contribution in [0.3, 0.4) is 0 Å². The number of nitrogens with zero attached hydrogens (tertiary/aromatic N) is 2. The number of carbonyl (C=O) groups excluding carboxylic acids is 1. The first-order chi connectivity index (χ1) is 7.99. The number of rotatable bonds is 4. The molecule has 1 aliphatic rings. The number of carboxylic acid groups (broad SMARTS) is 1. The molecular weight excluding hydrogens is 224 g/mol. The Bertz CT molecular complexity index is 281. The second-order valence-electron chi connectivity index (χ2n) is 4.46. The standard InChI is InChI=1S/C11H20N2O4/c1-9(14)7-10(15)13-4-2-3-12(5-6-13)8-11(16)17/h9,14H,2-8H2,1H3,(H,16,17). The summed E-state index contributed by atoms with van der Waals surface area (Å²) >= 11 is 0. The van der Waals surface area contributed by atoms with Gasteiger partial charge in [0.25, 0.3) is 0 Å². The van der Waals surface area contributed by atoms with Crippen molar-refractivity contribution >= 4 is 11.9 Å². The van der Waals surface area contributed by atoms with Crippen LogP contribution in [0, 0.1) is 0 Å². The fraction of sp³-hybridized carbons (Fsp3) is 0.818. The molecule has 6 heteroatoms. The Kier molecular flexibility index (Phi) is 5.37. The molecule has 1 fully saturated rings. The number of carbonyl (C=O) groups is 2.